The van der Waals surface area contributed by atoms with E-state index in [0.717, 1.165) is 0 Å². The van der Waals surface area contributed by atoms with Crippen LogP contribution in [-0.2, 0) is 14.3 Å². The summed E-state index contributed by atoms with van der Waals surface area (Å²) in [5.74, 6) is -0.617. The highest BCUT2D eigenvalue weighted by molar-refractivity contribution is 5.78. The molecule has 0 aromatic rings. The van der Waals surface area contributed by atoms with Crippen LogP contribution < -0.4 is 0 Å². The molecule has 0 bridgehead atoms. The molecule has 0 aliphatic rings. The number of rotatable bonds is 7. The van der Waals surface area contributed by atoms with Gasteiger partial charge in [-0.25, -0.2) is 0 Å². The van der Waals surface area contributed by atoms with Crippen LogP contribution in [0.4, 0.5) is 0 Å². The van der Waals surface area contributed by atoms with Gasteiger partial charge in [0, 0.05) is 20.1 Å². The Balaban J connectivity index is 4.08. The van der Waals surface area contributed by atoms with Gasteiger partial charge in [0.15, 0.2) is 0 Å². The molecule has 6 nitrogen and oxygen atoms in total. The zero-order valence-electron chi connectivity index (χ0n) is 11.5. The third-order valence-electron chi connectivity index (χ3n) is 2.58. The summed E-state index contributed by atoms with van der Waals surface area (Å²) in [5, 5.41) is 8.44. The van der Waals surface area contributed by atoms with Gasteiger partial charge in [-0.05, 0) is 7.05 Å². The first-order valence-electron chi connectivity index (χ1n) is 5.79. The molecule has 0 saturated heterocycles. The van der Waals surface area contributed by atoms with Crippen LogP contribution in [0.25, 0.3) is 0 Å². The van der Waals surface area contributed by atoms with E-state index in [-0.39, 0.29) is 24.3 Å². The number of nitriles is 1. The lowest BCUT2D eigenvalue weighted by Gasteiger charge is -2.22. The third kappa shape index (κ3) is 6.21. The quantitative estimate of drug-likeness (QED) is 0.603. The van der Waals surface area contributed by atoms with Crippen molar-refractivity contribution in [3.63, 3.8) is 0 Å². The fraction of sp³-hybridized carbons (Fsp3) is 0.750. The van der Waals surface area contributed by atoms with E-state index in [1.807, 2.05) is 6.07 Å². The van der Waals surface area contributed by atoms with E-state index < -0.39 is 0 Å². The highest BCUT2D eigenvalue weighted by atomic mass is 16.5. The van der Waals surface area contributed by atoms with Gasteiger partial charge in [-0.15, -0.1) is 0 Å². The highest BCUT2D eigenvalue weighted by Crippen LogP contribution is 2.01. The lowest BCUT2D eigenvalue weighted by molar-refractivity contribution is -0.146. The van der Waals surface area contributed by atoms with E-state index in [9.17, 15) is 9.59 Å². The second-order valence-corrected chi connectivity index (χ2v) is 4.34. The van der Waals surface area contributed by atoms with Gasteiger partial charge in [0.05, 0.1) is 32.1 Å². The molecule has 1 amide bonds. The van der Waals surface area contributed by atoms with Crippen molar-refractivity contribution in [3.05, 3.63) is 0 Å². The van der Waals surface area contributed by atoms with E-state index in [4.69, 9.17) is 5.26 Å². The first-order chi connectivity index (χ1) is 8.42. The summed E-state index contributed by atoms with van der Waals surface area (Å²) in [5.41, 5.74) is 0. The number of methoxy groups -OCH3 is 1. The second kappa shape index (κ2) is 8.48. The van der Waals surface area contributed by atoms with E-state index in [1.165, 1.54) is 12.0 Å². The van der Waals surface area contributed by atoms with Crippen LogP contribution in [0.2, 0.25) is 0 Å². The Hall–Kier alpha value is -1.61. The van der Waals surface area contributed by atoms with Crippen LogP contribution >= 0.6 is 0 Å². The fourth-order valence-electron chi connectivity index (χ4n) is 1.50. The summed E-state index contributed by atoms with van der Waals surface area (Å²) in [6, 6.07) is 1.99. The van der Waals surface area contributed by atoms with Crippen LogP contribution in [0.3, 0.4) is 0 Å². The van der Waals surface area contributed by atoms with Crippen LogP contribution in [0.1, 0.15) is 13.3 Å². The zero-order valence-corrected chi connectivity index (χ0v) is 11.5. The number of esters is 1. The summed E-state index contributed by atoms with van der Waals surface area (Å²) in [4.78, 5) is 26.3. The Labute approximate surface area is 108 Å². The van der Waals surface area contributed by atoms with Gasteiger partial charge in [-0.3, -0.25) is 14.5 Å². The molecule has 0 fully saturated rings. The molecule has 0 aliphatic heterocycles. The fourth-order valence-corrected chi connectivity index (χ4v) is 1.50. The molecule has 102 valence electrons. The SMILES string of the molecule is COC(=O)C(C)CN(C)CC(=O)N(C)CCC#N. The smallest absolute Gasteiger partial charge is 0.309 e. The number of hydrogen-bond acceptors (Lipinski definition) is 5. The predicted octanol–water partition coefficient (Wildman–Crippen LogP) is 0.0994. The standard InChI is InChI=1S/C12H21N3O3/c1-10(12(17)18-4)8-14(2)9-11(16)15(3)7-5-6-13/h10H,5,7-9H2,1-4H3. The Morgan fingerprint density at radius 2 is 2.00 bits per heavy atom. The van der Waals surface area contributed by atoms with Crippen LogP contribution in [0.5, 0.6) is 0 Å². The van der Waals surface area contributed by atoms with Gasteiger partial charge in [-0.2, -0.15) is 5.26 Å². The van der Waals surface area contributed by atoms with Gasteiger partial charge in [-0.1, -0.05) is 6.92 Å². The molecular weight excluding hydrogens is 234 g/mol. The predicted molar refractivity (Wildman–Crippen MR) is 66.5 cm³/mol. The second-order valence-electron chi connectivity index (χ2n) is 4.34. The molecule has 0 aromatic heterocycles. The van der Waals surface area contributed by atoms with Crippen molar-refractivity contribution < 1.29 is 14.3 Å². The number of carbonyl (C=O) groups is 2. The Morgan fingerprint density at radius 1 is 1.39 bits per heavy atom. The number of amides is 1. The average Bonchev–Trinajstić information content (AvgIpc) is 2.34. The summed E-state index contributed by atoms with van der Waals surface area (Å²) in [6.07, 6.45) is 0.324. The van der Waals surface area contributed by atoms with Crippen molar-refractivity contribution >= 4 is 11.9 Å². The lowest BCUT2D eigenvalue weighted by Crippen LogP contribution is -2.39. The number of carbonyl (C=O) groups excluding carboxylic acids is 2. The monoisotopic (exact) mass is 255 g/mol. The summed E-state index contributed by atoms with van der Waals surface area (Å²) in [7, 11) is 4.78. The van der Waals surface area contributed by atoms with Crippen molar-refractivity contribution in [2.75, 3.05) is 40.8 Å². The molecule has 1 atom stereocenters. The van der Waals surface area contributed by atoms with Gasteiger partial charge in [0.2, 0.25) is 5.91 Å². The number of likely N-dealkylation sites (N-methyl/N-ethyl adjacent to an activating group) is 2. The topological polar surface area (TPSA) is 73.6 Å². The molecule has 18 heavy (non-hydrogen) atoms. The Morgan fingerprint density at radius 3 is 2.50 bits per heavy atom. The highest BCUT2D eigenvalue weighted by Gasteiger charge is 2.18. The summed E-state index contributed by atoms with van der Waals surface area (Å²) >= 11 is 0. The van der Waals surface area contributed by atoms with Gasteiger partial charge in [0.1, 0.15) is 0 Å². The van der Waals surface area contributed by atoms with Crippen LogP contribution in [0, 0.1) is 17.2 Å². The maximum atomic E-state index is 11.7. The molecule has 1 unspecified atom stereocenters. The minimum atomic E-state index is -0.285. The third-order valence-corrected chi connectivity index (χ3v) is 2.58. The molecule has 0 aromatic carbocycles. The van der Waals surface area contributed by atoms with E-state index >= 15 is 0 Å². The maximum absolute atomic E-state index is 11.7. The molecule has 0 aliphatic carbocycles. The molecular formula is C12H21N3O3. The Kier molecular flexibility index (Phi) is 7.72. The first kappa shape index (κ1) is 16.4. The van der Waals surface area contributed by atoms with Crippen molar-refractivity contribution in [2.45, 2.75) is 13.3 Å². The molecule has 0 N–H and O–H groups in total. The minimum Gasteiger partial charge on any atom is -0.469 e. The lowest BCUT2D eigenvalue weighted by atomic mass is 10.2. The van der Waals surface area contributed by atoms with Gasteiger partial charge >= 0.3 is 5.97 Å². The molecule has 0 radical (unpaired) electrons. The number of ether oxygens (including phenoxy) is 1. The van der Waals surface area contributed by atoms with Crippen molar-refractivity contribution in [1.82, 2.24) is 9.80 Å². The van der Waals surface area contributed by atoms with Gasteiger partial charge in [0.25, 0.3) is 0 Å². The molecule has 0 heterocycles. The maximum Gasteiger partial charge on any atom is 0.309 e. The summed E-state index contributed by atoms with van der Waals surface area (Å²) < 4.78 is 4.62. The van der Waals surface area contributed by atoms with Crippen molar-refractivity contribution in [1.29, 1.82) is 5.26 Å². The van der Waals surface area contributed by atoms with E-state index in [0.29, 0.717) is 19.5 Å². The van der Waals surface area contributed by atoms with Crippen molar-refractivity contribution in [2.24, 2.45) is 5.92 Å². The number of hydrogen-bond donors (Lipinski definition) is 0. The van der Waals surface area contributed by atoms with Gasteiger partial charge < -0.3 is 9.64 Å². The van der Waals surface area contributed by atoms with Crippen LogP contribution in [0.15, 0.2) is 0 Å². The summed E-state index contributed by atoms with van der Waals surface area (Å²) in [6.45, 7) is 2.87. The van der Waals surface area contributed by atoms with E-state index in [1.54, 1.807) is 25.9 Å². The largest absolute Gasteiger partial charge is 0.469 e. The molecule has 0 saturated carbocycles. The molecule has 0 spiro atoms. The van der Waals surface area contributed by atoms with Crippen molar-refractivity contribution in [3.8, 4) is 6.07 Å². The molecule has 6 heteroatoms. The van der Waals surface area contributed by atoms with E-state index in [2.05, 4.69) is 4.74 Å². The first-order valence-corrected chi connectivity index (χ1v) is 5.79. The van der Waals surface area contributed by atoms with Crippen LogP contribution in [-0.4, -0.2) is 62.5 Å². The average molecular weight is 255 g/mol. The molecule has 0 rings (SSSR count). The Bertz CT molecular complexity index is 325. The number of nitrogens with zero attached hydrogens (tertiary/aromatic N) is 3. The zero-order chi connectivity index (χ0) is 14.1. The minimum absolute atomic E-state index is 0.0650. The normalized spacial score (nSPS) is 11.8.